The molecule has 0 aromatic heterocycles. The van der Waals surface area contributed by atoms with Gasteiger partial charge in [-0.2, -0.15) is 0 Å². The molecule has 2 fully saturated rings. The molecular formula is C44H50N2O10. The van der Waals surface area contributed by atoms with E-state index in [-0.39, 0.29) is 59.7 Å². The molecule has 0 bridgehead atoms. The van der Waals surface area contributed by atoms with Crippen LogP contribution in [0.4, 0.5) is 0 Å². The third-order valence-corrected chi connectivity index (χ3v) is 12.6. The van der Waals surface area contributed by atoms with Gasteiger partial charge >= 0.3 is 5.97 Å². The Morgan fingerprint density at radius 3 is 2.80 bits per heavy atom. The highest BCUT2D eigenvalue weighted by Gasteiger charge is 2.54. The van der Waals surface area contributed by atoms with E-state index in [9.17, 15) is 24.6 Å². The topological polar surface area (TPSA) is 153 Å². The van der Waals surface area contributed by atoms with E-state index >= 15 is 0 Å². The minimum absolute atomic E-state index is 0.00566. The van der Waals surface area contributed by atoms with Crippen LogP contribution in [0.25, 0.3) is 11.6 Å². The maximum Gasteiger partial charge on any atom is 0.375 e. The number of benzene rings is 2. The number of fused-ring (bicyclic) bond motifs is 4. The number of aldehydes is 1. The zero-order chi connectivity index (χ0) is 39.1. The van der Waals surface area contributed by atoms with Gasteiger partial charge in [0.1, 0.15) is 34.7 Å². The van der Waals surface area contributed by atoms with Crippen molar-refractivity contribution >= 4 is 29.7 Å². The first-order valence-corrected chi connectivity index (χ1v) is 19.8. The van der Waals surface area contributed by atoms with Crippen LogP contribution in [0.5, 0.6) is 17.2 Å². The number of nitrogens with zero attached hydrogens (tertiary/aromatic N) is 2. The summed E-state index contributed by atoms with van der Waals surface area (Å²) in [5, 5.41) is 25.6. The zero-order valence-corrected chi connectivity index (χ0v) is 32.3. The van der Waals surface area contributed by atoms with Crippen LogP contribution in [0, 0.1) is 11.8 Å². The fourth-order valence-electron chi connectivity index (χ4n) is 9.95. The molecule has 0 spiro atoms. The molecule has 56 heavy (non-hydrogen) atoms. The van der Waals surface area contributed by atoms with Crippen molar-refractivity contribution in [3.8, 4) is 17.2 Å². The molecule has 5 atom stereocenters. The predicted octanol–water partition coefficient (Wildman–Crippen LogP) is 3.27. The number of rotatable bonds is 11. The molecule has 2 aliphatic carbocycles. The Labute approximate surface area is 326 Å². The summed E-state index contributed by atoms with van der Waals surface area (Å²) in [6, 6.07) is 5.88. The minimum Gasteiger partial charge on any atom is -0.496 e. The second-order valence-electron chi connectivity index (χ2n) is 15.6. The summed E-state index contributed by atoms with van der Waals surface area (Å²) in [5.74, 6) is -0.625. The fraction of sp³-hybridized carbons (Fsp3) is 0.500. The molecule has 6 aliphatic rings. The number of hydrogen-bond acceptors (Lipinski definition) is 12. The number of ketones is 1. The number of ether oxygens (including phenoxy) is 5. The Kier molecular flexibility index (Phi) is 10.7. The molecule has 12 nitrogen and oxygen atoms in total. The number of methoxy groups -OCH3 is 2. The summed E-state index contributed by atoms with van der Waals surface area (Å²) < 4.78 is 29.9. The number of Topliss-reactive ketones (excluding diaryl/α,β-unsaturated/α-hetero) is 1. The number of likely N-dealkylation sites (tertiary alicyclic amines) is 1. The van der Waals surface area contributed by atoms with E-state index in [0.29, 0.717) is 66.9 Å². The van der Waals surface area contributed by atoms with Crippen molar-refractivity contribution in [1.29, 1.82) is 0 Å². The fourth-order valence-corrected chi connectivity index (χ4v) is 9.95. The SMILES string of the molecule is CCOC(=O)C1=C(C=O)/C(=C2\CCC(=O)[C@@H](c3ccc4c(c3)=CCN=4)C2)c2c(OC)c3c(c(CO)c2O1)O[C@H]([C@@]1(O)CC=C[C@@H]2CN(CCCOC)CC[C@H]21)C3. The van der Waals surface area contributed by atoms with E-state index < -0.39 is 30.2 Å². The number of aliphatic hydroxyl groups is 2. The maximum absolute atomic E-state index is 13.6. The lowest BCUT2D eigenvalue weighted by Crippen LogP contribution is -2.58. The first kappa shape index (κ1) is 38.3. The molecule has 0 radical (unpaired) electrons. The highest BCUT2D eigenvalue weighted by molar-refractivity contribution is 6.11. The number of allylic oxidation sites excluding steroid dienone is 3. The molecule has 4 heterocycles. The van der Waals surface area contributed by atoms with Crippen LogP contribution in [-0.4, -0.2) is 98.5 Å². The van der Waals surface area contributed by atoms with Crippen molar-refractivity contribution in [1.82, 2.24) is 4.90 Å². The van der Waals surface area contributed by atoms with Crippen molar-refractivity contribution in [3.63, 3.8) is 0 Å². The van der Waals surface area contributed by atoms with E-state index in [0.717, 1.165) is 54.2 Å². The van der Waals surface area contributed by atoms with E-state index in [1.807, 2.05) is 30.4 Å². The third kappa shape index (κ3) is 6.50. The van der Waals surface area contributed by atoms with E-state index in [2.05, 4.69) is 16.0 Å². The highest BCUT2D eigenvalue weighted by atomic mass is 16.6. The second-order valence-corrected chi connectivity index (χ2v) is 15.6. The summed E-state index contributed by atoms with van der Waals surface area (Å²) in [7, 11) is 3.24. The maximum atomic E-state index is 13.6. The number of hydrogen-bond donors (Lipinski definition) is 2. The van der Waals surface area contributed by atoms with Gasteiger partial charge in [-0.3, -0.25) is 14.6 Å². The molecule has 2 N–H and O–H groups in total. The van der Waals surface area contributed by atoms with Gasteiger partial charge in [-0.15, -0.1) is 0 Å². The number of carbonyl (C=O) groups is 3. The lowest BCUT2D eigenvalue weighted by atomic mass is 9.66. The molecule has 2 aromatic rings. The number of carbonyl (C=O) groups excluding carboxylic acids is 3. The predicted molar refractivity (Wildman–Crippen MR) is 206 cm³/mol. The minimum atomic E-state index is -1.21. The lowest BCUT2D eigenvalue weighted by Gasteiger charge is -2.49. The third-order valence-electron chi connectivity index (χ3n) is 12.6. The number of esters is 1. The summed E-state index contributed by atoms with van der Waals surface area (Å²) in [5.41, 5.74) is 2.20. The van der Waals surface area contributed by atoms with Crippen LogP contribution >= 0.6 is 0 Å². The summed E-state index contributed by atoms with van der Waals surface area (Å²) >= 11 is 0. The van der Waals surface area contributed by atoms with Gasteiger partial charge in [-0.1, -0.05) is 29.9 Å². The van der Waals surface area contributed by atoms with Gasteiger partial charge in [0.05, 0.1) is 48.9 Å². The van der Waals surface area contributed by atoms with Gasteiger partial charge < -0.3 is 38.8 Å². The van der Waals surface area contributed by atoms with Gasteiger partial charge in [-0.25, -0.2) is 4.79 Å². The Morgan fingerprint density at radius 2 is 2.04 bits per heavy atom. The van der Waals surface area contributed by atoms with Crippen LogP contribution in [0.2, 0.25) is 0 Å². The Balaban J connectivity index is 1.22. The van der Waals surface area contributed by atoms with Gasteiger partial charge in [0.25, 0.3) is 0 Å². The van der Waals surface area contributed by atoms with Crippen LogP contribution in [0.1, 0.15) is 73.6 Å². The Bertz CT molecular complexity index is 2170. The molecule has 12 heteroatoms. The quantitative estimate of drug-likeness (QED) is 0.150. The molecule has 0 unspecified atom stereocenters. The van der Waals surface area contributed by atoms with Crippen LogP contribution in [0.15, 0.2) is 52.2 Å². The van der Waals surface area contributed by atoms with Crippen molar-refractivity contribution in [2.24, 2.45) is 16.8 Å². The molecule has 1 saturated carbocycles. The second kappa shape index (κ2) is 15.7. The van der Waals surface area contributed by atoms with E-state index in [4.69, 9.17) is 23.7 Å². The first-order chi connectivity index (χ1) is 27.2. The van der Waals surface area contributed by atoms with E-state index in [1.165, 1.54) is 7.11 Å². The standard InChI is InChI=1S/C44H50N2O10/c1-4-54-43(50)42-31(23-47)37(27-9-11-35(49)29(20-27)25-8-10-34-26(19-25)12-15-45-34)38-40(53-3)30-21-36(55-39(30)32(24-48)41(38)56-42)44(51)14-5-7-28-22-46(16-6-18-52-2)17-13-33(28)44/h5,7-8,10,12,19,23,28-29,33,36,48,51H,4,6,9,11,13-18,20-22,24H2,1-3H3/b37-27-/t28-,29-,33-,36+,44-/m1/s1. The average Bonchev–Trinajstić information content (AvgIpc) is 3.88. The average molecular weight is 767 g/mol. The summed E-state index contributed by atoms with van der Waals surface area (Å²) in [6.45, 7) is 5.09. The summed E-state index contributed by atoms with van der Waals surface area (Å²) in [4.78, 5) is 47.2. The van der Waals surface area contributed by atoms with Crippen LogP contribution < -0.4 is 24.8 Å². The normalized spacial score (nSPS) is 27.9. The molecule has 296 valence electrons. The molecule has 8 rings (SSSR count). The Hall–Kier alpha value is -4.62. The van der Waals surface area contributed by atoms with Crippen molar-refractivity contribution in [2.45, 2.75) is 76.1 Å². The molecule has 2 aromatic carbocycles. The van der Waals surface area contributed by atoms with Crippen molar-refractivity contribution in [2.75, 3.05) is 53.6 Å². The van der Waals surface area contributed by atoms with Gasteiger partial charge in [0.2, 0.25) is 5.76 Å². The molecule has 4 aliphatic heterocycles. The number of piperidine rings is 1. The smallest absolute Gasteiger partial charge is 0.375 e. The van der Waals surface area contributed by atoms with Gasteiger partial charge in [0.15, 0.2) is 6.29 Å². The van der Waals surface area contributed by atoms with Gasteiger partial charge in [-0.05, 0) is 74.4 Å². The molecule has 1 saturated heterocycles. The van der Waals surface area contributed by atoms with Crippen LogP contribution in [-0.2, 0) is 36.9 Å². The lowest BCUT2D eigenvalue weighted by molar-refractivity contribution is -0.141. The van der Waals surface area contributed by atoms with Crippen molar-refractivity contribution in [3.05, 3.63) is 80.1 Å². The number of aliphatic hydroxyl groups excluding tert-OH is 1. The largest absolute Gasteiger partial charge is 0.496 e. The molecule has 0 amide bonds. The highest BCUT2D eigenvalue weighted by Crippen LogP contribution is 2.57. The van der Waals surface area contributed by atoms with E-state index in [1.54, 1.807) is 14.0 Å². The summed E-state index contributed by atoms with van der Waals surface area (Å²) in [6.07, 6.45) is 9.52. The first-order valence-electron chi connectivity index (χ1n) is 19.8. The van der Waals surface area contributed by atoms with Crippen molar-refractivity contribution < 1.29 is 48.3 Å². The Morgan fingerprint density at radius 1 is 1.18 bits per heavy atom. The zero-order valence-electron chi connectivity index (χ0n) is 32.3. The van der Waals surface area contributed by atoms with Gasteiger partial charge in [0, 0.05) is 62.6 Å². The van der Waals surface area contributed by atoms with Crippen LogP contribution in [0.3, 0.4) is 0 Å². The monoisotopic (exact) mass is 766 g/mol. The molecular weight excluding hydrogens is 716 g/mol.